The van der Waals surface area contributed by atoms with E-state index in [4.69, 9.17) is 9.84 Å². The van der Waals surface area contributed by atoms with Crippen LogP contribution in [0, 0.1) is 0 Å². The van der Waals surface area contributed by atoms with Crippen molar-refractivity contribution in [3.05, 3.63) is 28.0 Å². The van der Waals surface area contributed by atoms with E-state index in [2.05, 4.69) is 11.9 Å². The maximum atomic E-state index is 10.4. The average Bonchev–Trinajstić information content (AvgIpc) is 2.73. The van der Waals surface area contributed by atoms with Crippen LogP contribution in [0.25, 0.3) is 6.08 Å². The van der Waals surface area contributed by atoms with Gasteiger partial charge < -0.3 is 9.84 Å². The highest BCUT2D eigenvalue weighted by atomic mass is 32.1. The highest BCUT2D eigenvalue weighted by molar-refractivity contribution is 7.10. The molecule has 0 aliphatic carbocycles. The topological polar surface area (TPSA) is 49.8 Å². The highest BCUT2D eigenvalue weighted by Gasteiger charge is 2.04. The van der Waals surface area contributed by atoms with Crippen LogP contribution in [0.2, 0.25) is 0 Å². The molecule has 0 spiro atoms. The third-order valence-electron chi connectivity index (χ3n) is 2.44. The van der Waals surface area contributed by atoms with E-state index in [1.807, 2.05) is 25.3 Å². The number of carbonyl (C=O) groups is 1. The molecule has 5 heteroatoms. The van der Waals surface area contributed by atoms with Crippen LogP contribution in [0.5, 0.6) is 0 Å². The molecule has 4 nitrogen and oxygen atoms in total. The second kappa shape index (κ2) is 8.09. The van der Waals surface area contributed by atoms with Gasteiger partial charge in [-0.15, -0.1) is 11.3 Å². The molecule has 19 heavy (non-hydrogen) atoms. The van der Waals surface area contributed by atoms with E-state index >= 15 is 0 Å². The average molecular weight is 283 g/mol. The minimum absolute atomic E-state index is 0.267. The van der Waals surface area contributed by atoms with Crippen molar-refractivity contribution < 1.29 is 14.6 Å². The summed E-state index contributed by atoms with van der Waals surface area (Å²) in [5.41, 5.74) is 0.939. The lowest BCUT2D eigenvalue weighted by atomic mass is 10.3. The van der Waals surface area contributed by atoms with Crippen molar-refractivity contribution in [2.75, 3.05) is 20.2 Å². The van der Waals surface area contributed by atoms with Gasteiger partial charge in [0.2, 0.25) is 0 Å². The van der Waals surface area contributed by atoms with Crippen LogP contribution in [0.3, 0.4) is 0 Å². The second-order valence-electron chi connectivity index (χ2n) is 4.68. The van der Waals surface area contributed by atoms with Gasteiger partial charge in [-0.2, -0.15) is 0 Å². The summed E-state index contributed by atoms with van der Waals surface area (Å²) in [5, 5.41) is 10.5. The number of nitrogens with zero attached hydrogens (tertiary/aromatic N) is 1. The minimum Gasteiger partial charge on any atom is -0.478 e. The predicted octanol–water partition coefficient (Wildman–Crippen LogP) is 2.70. The van der Waals surface area contributed by atoms with E-state index in [0.717, 1.165) is 31.3 Å². The van der Waals surface area contributed by atoms with E-state index in [9.17, 15) is 4.79 Å². The Kier molecular flexibility index (Phi) is 6.77. The molecule has 0 radical (unpaired) electrons. The number of thiophene rings is 1. The summed E-state index contributed by atoms with van der Waals surface area (Å²) in [6.07, 6.45) is 3.04. The van der Waals surface area contributed by atoms with E-state index in [1.165, 1.54) is 4.88 Å². The predicted molar refractivity (Wildman–Crippen MR) is 78.4 cm³/mol. The van der Waals surface area contributed by atoms with Crippen LogP contribution in [0.15, 0.2) is 17.5 Å². The fourth-order valence-corrected chi connectivity index (χ4v) is 2.46. The molecule has 0 fully saturated rings. The lowest BCUT2D eigenvalue weighted by Crippen LogP contribution is -2.23. The van der Waals surface area contributed by atoms with Crippen molar-refractivity contribution in [1.29, 1.82) is 0 Å². The van der Waals surface area contributed by atoms with Crippen LogP contribution in [-0.2, 0) is 16.1 Å². The molecule has 0 aromatic carbocycles. The smallest absolute Gasteiger partial charge is 0.328 e. The van der Waals surface area contributed by atoms with E-state index < -0.39 is 5.97 Å². The molecule has 0 saturated heterocycles. The van der Waals surface area contributed by atoms with Gasteiger partial charge in [0.15, 0.2) is 0 Å². The zero-order chi connectivity index (χ0) is 14.3. The summed E-state index contributed by atoms with van der Waals surface area (Å²) in [4.78, 5) is 13.8. The third kappa shape index (κ3) is 7.10. The van der Waals surface area contributed by atoms with Crippen LogP contribution in [0.1, 0.15) is 24.3 Å². The molecule has 0 atom stereocenters. The molecule has 0 bridgehead atoms. The molecule has 1 aromatic heterocycles. The standard InChI is InChI=1S/C14H21NO3S/c1-11(2)18-7-6-15(3)9-13-8-12(10-19-13)4-5-14(16)17/h4-5,8,10-11H,6-7,9H2,1-3H3,(H,16,17)/b5-4+. The first kappa shape index (κ1) is 15.9. The Morgan fingerprint density at radius 3 is 2.95 bits per heavy atom. The number of aliphatic carboxylic acids is 1. The lowest BCUT2D eigenvalue weighted by Gasteiger charge is -2.16. The molecule has 0 amide bonds. The zero-order valence-corrected chi connectivity index (χ0v) is 12.4. The number of ether oxygens (including phenoxy) is 1. The van der Waals surface area contributed by atoms with Crippen LogP contribution < -0.4 is 0 Å². The fraction of sp³-hybridized carbons (Fsp3) is 0.500. The molecule has 0 unspecified atom stereocenters. The first-order valence-electron chi connectivity index (χ1n) is 6.26. The van der Waals surface area contributed by atoms with Gasteiger partial charge in [-0.05, 0) is 44.0 Å². The Morgan fingerprint density at radius 1 is 1.58 bits per heavy atom. The number of hydrogen-bond donors (Lipinski definition) is 1. The van der Waals surface area contributed by atoms with Crippen LogP contribution in [0.4, 0.5) is 0 Å². The molecular formula is C14H21NO3S. The Balaban J connectivity index is 2.38. The molecule has 0 saturated carbocycles. The van der Waals surface area contributed by atoms with Gasteiger partial charge in [-0.1, -0.05) is 0 Å². The first-order valence-corrected chi connectivity index (χ1v) is 7.14. The quantitative estimate of drug-likeness (QED) is 0.745. The lowest BCUT2D eigenvalue weighted by molar-refractivity contribution is -0.131. The maximum absolute atomic E-state index is 10.4. The number of carboxylic acids is 1. The Bertz CT molecular complexity index is 426. The number of likely N-dealkylation sites (N-methyl/N-ethyl adjacent to an activating group) is 1. The Hall–Kier alpha value is -1.17. The van der Waals surface area contributed by atoms with Gasteiger partial charge in [-0.25, -0.2) is 4.79 Å². The number of rotatable bonds is 8. The van der Waals surface area contributed by atoms with Gasteiger partial charge in [0.25, 0.3) is 0 Å². The zero-order valence-electron chi connectivity index (χ0n) is 11.6. The number of hydrogen-bond acceptors (Lipinski definition) is 4. The SMILES string of the molecule is CC(C)OCCN(C)Cc1cc(/C=C/C(=O)O)cs1. The molecule has 0 aliphatic heterocycles. The van der Waals surface area contributed by atoms with Crippen molar-refractivity contribution in [3.8, 4) is 0 Å². The van der Waals surface area contributed by atoms with Gasteiger partial charge >= 0.3 is 5.97 Å². The van der Waals surface area contributed by atoms with E-state index in [-0.39, 0.29) is 6.10 Å². The van der Waals surface area contributed by atoms with E-state index in [0.29, 0.717) is 0 Å². The van der Waals surface area contributed by atoms with E-state index in [1.54, 1.807) is 17.4 Å². The van der Waals surface area contributed by atoms with Gasteiger partial charge in [0.05, 0.1) is 12.7 Å². The number of carboxylic acid groups (broad SMARTS) is 1. The normalized spacial score (nSPS) is 11.8. The Morgan fingerprint density at radius 2 is 2.32 bits per heavy atom. The summed E-state index contributed by atoms with van der Waals surface area (Å²) >= 11 is 1.64. The van der Waals surface area contributed by atoms with Crippen molar-refractivity contribution in [3.63, 3.8) is 0 Å². The van der Waals surface area contributed by atoms with Crippen LogP contribution >= 0.6 is 11.3 Å². The summed E-state index contributed by atoms with van der Waals surface area (Å²) in [7, 11) is 2.05. The maximum Gasteiger partial charge on any atom is 0.328 e. The molecule has 0 aliphatic rings. The molecule has 1 heterocycles. The largest absolute Gasteiger partial charge is 0.478 e. The molecule has 106 valence electrons. The van der Waals surface area contributed by atoms with Crippen molar-refractivity contribution in [2.24, 2.45) is 0 Å². The summed E-state index contributed by atoms with van der Waals surface area (Å²) in [5.74, 6) is -0.921. The molecule has 1 rings (SSSR count). The van der Waals surface area contributed by atoms with Gasteiger partial charge in [0, 0.05) is 24.0 Å². The minimum atomic E-state index is -0.921. The van der Waals surface area contributed by atoms with Gasteiger partial charge in [-0.3, -0.25) is 4.90 Å². The molecular weight excluding hydrogens is 262 g/mol. The van der Waals surface area contributed by atoms with Crippen molar-refractivity contribution in [2.45, 2.75) is 26.5 Å². The summed E-state index contributed by atoms with van der Waals surface area (Å²) in [6, 6.07) is 2.02. The monoisotopic (exact) mass is 283 g/mol. The summed E-state index contributed by atoms with van der Waals surface area (Å²) in [6.45, 7) is 6.52. The Labute approximate surface area is 118 Å². The first-order chi connectivity index (χ1) is 8.97. The molecule has 1 aromatic rings. The third-order valence-corrected chi connectivity index (χ3v) is 3.38. The fourth-order valence-electron chi connectivity index (χ4n) is 1.52. The summed E-state index contributed by atoms with van der Waals surface area (Å²) < 4.78 is 5.51. The van der Waals surface area contributed by atoms with Gasteiger partial charge in [0.1, 0.15) is 0 Å². The molecule has 1 N–H and O–H groups in total. The highest BCUT2D eigenvalue weighted by Crippen LogP contribution is 2.17. The van der Waals surface area contributed by atoms with Crippen molar-refractivity contribution >= 4 is 23.4 Å². The van der Waals surface area contributed by atoms with Crippen molar-refractivity contribution in [1.82, 2.24) is 4.90 Å². The second-order valence-corrected chi connectivity index (χ2v) is 5.67. The van der Waals surface area contributed by atoms with Crippen LogP contribution in [-0.4, -0.2) is 42.3 Å².